The molecule has 2 aliphatic rings. The molecule has 1 amide bonds. The summed E-state index contributed by atoms with van der Waals surface area (Å²) >= 11 is 0. The third kappa shape index (κ3) is 1.65. The molecule has 1 aromatic rings. The van der Waals surface area contributed by atoms with Gasteiger partial charge in [0.05, 0.1) is 17.8 Å². The Morgan fingerprint density at radius 1 is 1.33 bits per heavy atom. The van der Waals surface area contributed by atoms with E-state index in [1.807, 2.05) is 13.0 Å². The van der Waals surface area contributed by atoms with Crippen LogP contribution < -0.4 is 4.90 Å². The molecule has 0 saturated heterocycles. The van der Waals surface area contributed by atoms with E-state index in [9.17, 15) is 14.4 Å². The van der Waals surface area contributed by atoms with Crippen LogP contribution in [0.5, 0.6) is 0 Å². The summed E-state index contributed by atoms with van der Waals surface area (Å²) in [6.45, 7) is 1.90. The van der Waals surface area contributed by atoms with E-state index in [0.29, 0.717) is 11.3 Å². The van der Waals surface area contributed by atoms with E-state index >= 15 is 0 Å². The van der Waals surface area contributed by atoms with E-state index < -0.39 is 11.7 Å². The summed E-state index contributed by atoms with van der Waals surface area (Å²) in [5.74, 6) is -0.922. The van der Waals surface area contributed by atoms with Gasteiger partial charge in [0.25, 0.3) is 11.7 Å². The zero-order valence-corrected chi connectivity index (χ0v) is 10.1. The smallest absolute Gasteiger partial charge is 0.297 e. The number of amides is 1. The molecule has 1 aliphatic carbocycles. The maximum atomic E-state index is 11.9. The van der Waals surface area contributed by atoms with Crippen LogP contribution >= 0.6 is 0 Å². The molecule has 0 atom stereocenters. The van der Waals surface area contributed by atoms with Crippen molar-refractivity contribution >= 4 is 23.2 Å². The molecular weight excluding hydrogens is 230 g/mol. The van der Waals surface area contributed by atoms with Crippen molar-refractivity contribution in [2.24, 2.45) is 5.92 Å². The number of carbonyl (C=O) groups is 3. The van der Waals surface area contributed by atoms with Crippen LogP contribution in [0.1, 0.15) is 28.8 Å². The molecule has 0 bridgehead atoms. The monoisotopic (exact) mass is 243 g/mol. The lowest BCUT2D eigenvalue weighted by atomic mass is 10.1. The predicted octanol–water partition coefficient (Wildman–Crippen LogP) is 1.50. The highest BCUT2D eigenvalue weighted by atomic mass is 16.2. The summed E-state index contributed by atoms with van der Waals surface area (Å²) < 4.78 is 0. The second-order valence-electron chi connectivity index (χ2n) is 4.98. The second kappa shape index (κ2) is 3.77. The number of Topliss-reactive ketones (excluding diaryl/α,β-unsaturated/α-hetero) is 2. The first-order valence-corrected chi connectivity index (χ1v) is 6.07. The summed E-state index contributed by atoms with van der Waals surface area (Å²) in [5.41, 5.74) is 1.93. The minimum absolute atomic E-state index is 0.0330. The molecule has 1 saturated carbocycles. The summed E-state index contributed by atoms with van der Waals surface area (Å²) in [6, 6.07) is 5.30. The second-order valence-corrected chi connectivity index (χ2v) is 4.98. The Hall–Kier alpha value is -1.97. The number of hydrogen-bond donors (Lipinski definition) is 0. The van der Waals surface area contributed by atoms with Gasteiger partial charge in [0, 0.05) is 5.92 Å². The molecule has 1 aromatic carbocycles. The average Bonchev–Trinajstić information content (AvgIpc) is 3.15. The lowest BCUT2D eigenvalue weighted by Gasteiger charge is -2.15. The van der Waals surface area contributed by atoms with E-state index in [2.05, 4.69) is 0 Å². The van der Waals surface area contributed by atoms with Gasteiger partial charge in [-0.3, -0.25) is 19.3 Å². The van der Waals surface area contributed by atoms with E-state index in [4.69, 9.17) is 0 Å². The molecular formula is C14H13NO3. The van der Waals surface area contributed by atoms with Crippen molar-refractivity contribution in [3.05, 3.63) is 29.3 Å². The van der Waals surface area contributed by atoms with Crippen molar-refractivity contribution in [1.29, 1.82) is 0 Å². The van der Waals surface area contributed by atoms with Gasteiger partial charge in [-0.1, -0.05) is 11.6 Å². The maximum absolute atomic E-state index is 11.9. The van der Waals surface area contributed by atoms with Crippen LogP contribution in [0.4, 0.5) is 5.69 Å². The molecule has 0 aromatic heterocycles. The molecule has 1 fully saturated rings. The topological polar surface area (TPSA) is 54.5 Å². The number of anilines is 1. The van der Waals surface area contributed by atoms with Gasteiger partial charge in [-0.2, -0.15) is 0 Å². The summed E-state index contributed by atoms with van der Waals surface area (Å²) in [7, 11) is 0. The minimum Gasteiger partial charge on any atom is -0.297 e. The van der Waals surface area contributed by atoms with Crippen LogP contribution in [0, 0.1) is 12.8 Å². The van der Waals surface area contributed by atoms with Gasteiger partial charge < -0.3 is 0 Å². The Balaban J connectivity index is 1.94. The summed E-state index contributed by atoms with van der Waals surface area (Å²) in [6.07, 6.45) is 1.82. The van der Waals surface area contributed by atoms with E-state index in [-0.39, 0.29) is 18.2 Å². The van der Waals surface area contributed by atoms with Gasteiger partial charge in [-0.05, 0) is 31.9 Å². The average molecular weight is 243 g/mol. The Kier molecular flexibility index (Phi) is 2.33. The highest BCUT2D eigenvalue weighted by Crippen LogP contribution is 2.33. The van der Waals surface area contributed by atoms with Crippen molar-refractivity contribution in [3.63, 3.8) is 0 Å². The standard InChI is InChI=1S/C14H13NO3/c1-8-2-5-11-10(6-8)13(17)14(18)15(11)7-12(16)9-3-4-9/h2,5-6,9H,3-4,7H2,1H3. The molecule has 4 heteroatoms. The molecule has 0 N–H and O–H groups in total. The SMILES string of the molecule is Cc1ccc2c(c1)C(=O)C(=O)N2CC(=O)C1CC1. The van der Waals surface area contributed by atoms with Gasteiger partial charge in [-0.25, -0.2) is 0 Å². The molecule has 3 rings (SSSR count). The molecule has 0 spiro atoms. The number of hydrogen-bond acceptors (Lipinski definition) is 3. The Morgan fingerprint density at radius 3 is 2.72 bits per heavy atom. The van der Waals surface area contributed by atoms with Gasteiger partial charge in [0.1, 0.15) is 0 Å². The zero-order chi connectivity index (χ0) is 12.9. The van der Waals surface area contributed by atoms with Crippen LogP contribution in [0.3, 0.4) is 0 Å². The number of carbonyl (C=O) groups excluding carboxylic acids is 3. The number of nitrogens with zero attached hydrogens (tertiary/aromatic N) is 1. The maximum Gasteiger partial charge on any atom is 0.299 e. The van der Waals surface area contributed by atoms with Crippen LogP contribution in [-0.4, -0.2) is 24.0 Å². The number of rotatable bonds is 3. The lowest BCUT2D eigenvalue weighted by molar-refractivity contribution is -0.121. The Bertz CT molecular complexity index is 572. The molecule has 4 nitrogen and oxygen atoms in total. The van der Waals surface area contributed by atoms with Gasteiger partial charge >= 0.3 is 0 Å². The van der Waals surface area contributed by atoms with Crippen molar-refractivity contribution in [1.82, 2.24) is 0 Å². The predicted molar refractivity (Wildman–Crippen MR) is 65.6 cm³/mol. The molecule has 0 unspecified atom stereocenters. The van der Waals surface area contributed by atoms with Crippen LogP contribution in [0.25, 0.3) is 0 Å². The Morgan fingerprint density at radius 2 is 2.06 bits per heavy atom. The fourth-order valence-corrected chi connectivity index (χ4v) is 2.26. The van der Waals surface area contributed by atoms with E-state index in [1.165, 1.54) is 4.90 Å². The highest BCUT2D eigenvalue weighted by molar-refractivity contribution is 6.52. The fraction of sp³-hybridized carbons (Fsp3) is 0.357. The normalized spacial score (nSPS) is 18.2. The first-order valence-electron chi connectivity index (χ1n) is 6.07. The van der Waals surface area contributed by atoms with Crippen LogP contribution in [0.15, 0.2) is 18.2 Å². The third-order valence-electron chi connectivity index (χ3n) is 3.47. The van der Waals surface area contributed by atoms with E-state index in [1.54, 1.807) is 12.1 Å². The molecule has 0 radical (unpaired) electrons. The zero-order valence-electron chi connectivity index (χ0n) is 10.1. The van der Waals surface area contributed by atoms with Crippen LogP contribution in [-0.2, 0) is 9.59 Å². The third-order valence-corrected chi connectivity index (χ3v) is 3.47. The number of benzene rings is 1. The van der Waals surface area contributed by atoms with Gasteiger partial charge in [0.15, 0.2) is 5.78 Å². The van der Waals surface area contributed by atoms with Crippen LogP contribution in [0.2, 0.25) is 0 Å². The first-order chi connectivity index (χ1) is 8.58. The van der Waals surface area contributed by atoms with Crippen molar-refractivity contribution in [2.45, 2.75) is 19.8 Å². The van der Waals surface area contributed by atoms with Gasteiger partial charge in [-0.15, -0.1) is 0 Å². The number of aryl methyl sites for hydroxylation is 1. The molecule has 1 aliphatic heterocycles. The number of ketones is 2. The molecule has 18 heavy (non-hydrogen) atoms. The quantitative estimate of drug-likeness (QED) is 0.756. The molecule has 1 heterocycles. The van der Waals surface area contributed by atoms with Crippen molar-refractivity contribution in [3.8, 4) is 0 Å². The first kappa shape index (κ1) is 11.1. The largest absolute Gasteiger partial charge is 0.299 e. The van der Waals surface area contributed by atoms with E-state index in [0.717, 1.165) is 18.4 Å². The fourth-order valence-electron chi connectivity index (χ4n) is 2.26. The van der Waals surface area contributed by atoms with Gasteiger partial charge in [0.2, 0.25) is 0 Å². The minimum atomic E-state index is -0.579. The Labute approximate surface area is 105 Å². The highest BCUT2D eigenvalue weighted by Gasteiger charge is 2.39. The number of fused-ring (bicyclic) bond motifs is 1. The van der Waals surface area contributed by atoms with Crippen molar-refractivity contribution < 1.29 is 14.4 Å². The molecule has 92 valence electrons. The summed E-state index contributed by atoms with van der Waals surface area (Å²) in [5, 5.41) is 0. The summed E-state index contributed by atoms with van der Waals surface area (Å²) in [4.78, 5) is 36.8. The lowest BCUT2D eigenvalue weighted by Crippen LogP contribution is -2.35. The van der Waals surface area contributed by atoms with Crippen molar-refractivity contribution in [2.75, 3.05) is 11.4 Å².